The molecule has 0 radical (unpaired) electrons. The molecule has 4 heavy (non-hydrogen) atoms. The maximum atomic E-state index is 4.54. The second-order valence-electron chi connectivity index (χ2n) is 0.136. The first-order valence-corrected chi connectivity index (χ1v) is 1.04. The Balaban J connectivity index is 0. The molecule has 1 nitrogen and oxygen atoms in total. The van der Waals surface area contributed by atoms with Crippen LogP contribution in [0, 0.1) is 0 Å². The summed E-state index contributed by atoms with van der Waals surface area (Å²) in [6.07, 6.45) is 0. The van der Waals surface area contributed by atoms with Gasteiger partial charge >= 0.3 is 0 Å². The van der Waals surface area contributed by atoms with Crippen molar-refractivity contribution in [2.45, 2.75) is 0 Å². The Bertz CT molecular complexity index is 15.5. The van der Waals surface area contributed by atoms with E-state index in [-0.39, 0.29) is 19.5 Å². The average Bonchev–Trinajstić information content (AvgIpc) is 0.918. The van der Waals surface area contributed by atoms with Crippen molar-refractivity contribution in [2.24, 2.45) is 5.73 Å². The summed E-state index contributed by atoms with van der Waals surface area (Å²) in [4.78, 5) is 0. The van der Waals surface area contributed by atoms with E-state index in [1.807, 2.05) is 0 Å². The molecule has 0 saturated heterocycles. The maximum Gasteiger partial charge on any atom is 0.0588 e. The average molecular weight is 126 g/mol. The van der Waals surface area contributed by atoms with Crippen molar-refractivity contribution in [1.29, 1.82) is 0 Å². The Labute approximate surface area is 43.3 Å². The molecule has 2 N–H and O–H groups in total. The van der Waals surface area contributed by atoms with E-state index >= 15 is 0 Å². The van der Waals surface area contributed by atoms with Gasteiger partial charge in [0.25, 0.3) is 0 Å². The van der Waals surface area contributed by atoms with Gasteiger partial charge in [-0.05, 0) is 0 Å². The van der Waals surface area contributed by atoms with Crippen LogP contribution in [-0.2, 0) is 19.5 Å². The van der Waals surface area contributed by atoms with E-state index in [0.717, 1.165) is 5.49 Å². The molecule has 0 bridgehead atoms. The van der Waals surface area contributed by atoms with Gasteiger partial charge in [-0.25, -0.2) is 0 Å². The van der Waals surface area contributed by atoms with Gasteiger partial charge in [0.15, 0.2) is 0 Å². The zero-order valence-corrected chi connectivity index (χ0v) is 6.05. The molecule has 20 valence electrons. The molecule has 0 fully saturated rings. The number of thiocarbonyl (C=S) groups is 1. The zero-order valence-electron chi connectivity index (χ0n) is 2.27. The first-order valence-electron chi connectivity index (χ1n) is 0.569. The van der Waals surface area contributed by atoms with E-state index in [9.17, 15) is 0 Å². The van der Waals surface area contributed by atoms with Crippen LogP contribution >= 0.6 is 12.2 Å². The Morgan fingerprint density at radius 1 is 1.75 bits per heavy atom. The summed E-state index contributed by atoms with van der Waals surface area (Å²) in [5, 5.41) is 0. The third-order valence-corrected chi connectivity index (χ3v) is 0. The molecule has 0 aromatic rings. The summed E-state index contributed by atoms with van der Waals surface area (Å²) in [6.45, 7) is 0. The number of rotatable bonds is 0. The normalized spacial score (nSPS) is 3.00. The van der Waals surface area contributed by atoms with Crippen LogP contribution in [0.3, 0.4) is 0 Å². The summed E-state index contributed by atoms with van der Waals surface area (Å²) in [5.74, 6) is 0. The molecule has 0 aliphatic rings. The molecular weight excluding hydrogens is 123 g/mol. The van der Waals surface area contributed by atoms with E-state index in [2.05, 4.69) is 18.0 Å². The molecule has 0 unspecified atom stereocenters. The second-order valence-corrected chi connectivity index (χ2v) is 0.408. The summed E-state index contributed by atoms with van der Waals surface area (Å²) < 4.78 is 0. The fraction of sp³-hybridized carbons (Fsp3) is 0. The number of nitrogens with two attached hydrogens (primary N) is 1. The minimum absolute atomic E-state index is 0. The molecule has 0 aliphatic carbocycles. The molecule has 3 heteroatoms. The van der Waals surface area contributed by atoms with E-state index in [4.69, 9.17) is 0 Å². The monoisotopic (exact) mass is 125 g/mol. The van der Waals surface area contributed by atoms with Crippen LogP contribution in [0.25, 0.3) is 0 Å². The van der Waals surface area contributed by atoms with Gasteiger partial charge in [0.2, 0.25) is 0 Å². The van der Waals surface area contributed by atoms with Crippen LogP contribution in [0.4, 0.5) is 0 Å². The van der Waals surface area contributed by atoms with Gasteiger partial charge in [-0.3, -0.25) is 0 Å². The third kappa shape index (κ3) is 21.8. The molecule has 0 atom stereocenters. The molecule has 0 heterocycles. The molecule has 0 aromatic carbocycles. The summed E-state index contributed by atoms with van der Waals surface area (Å²) >= 11 is 4.05. The first-order chi connectivity index (χ1) is 1.41. The molecule has 0 rings (SSSR count). The van der Waals surface area contributed by atoms with Crippen LogP contribution < -0.4 is 5.73 Å². The Hall–Kier alpha value is 0.513. The minimum Gasteiger partial charge on any atom is -0.396 e. The van der Waals surface area contributed by atoms with Gasteiger partial charge in [-0.2, -0.15) is 0 Å². The van der Waals surface area contributed by atoms with E-state index < -0.39 is 0 Å². The van der Waals surface area contributed by atoms with Gasteiger partial charge in [0.1, 0.15) is 0 Å². The van der Waals surface area contributed by atoms with Crippen LogP contribution in [0.15, 0.2) is 0 Å². The van der Waals surface area contributed by atoms with Crippen LogP contribution in [0.5, 0.6) is 0 Å². The number of hydrogen-bond acceptors (Lipinski definition) is 1. The van der Waals surface area contributed by atoms with Gasteiger partial charge in [0, 0.05) is 19.5 Å². The van der Waals surface area contributed by atoms with Gasteiger partial charge in [-0.1, -0.05) is 12.2 Å². The van der Waals surface area contributed by atoms with Crippen molar-refractivity contribution in [2.75, 3.05) is 0 Å². The topological polar surface area (TPSA) is 26.0 Å². The zero-order chi connectivity index (χ0) is 2.71. The smallest absolute Gasteiger partial charge is 0.0588 e. The maximum absolute atomic E-state index is 4.54. The standard InChI is InChI=1S/CH3NS.Zn/c2-1-3;/h1H,(H2,2,3);. The molecule has 0 spiro atoms. The second kappa shape index (κ2) is 9.69. The van der Waals surface area contributed by atoms with Gasteiger partial charge in [0.05, 0.1) is 5.49 Å². The molecule has 0 saturated carbocycles. The fourth-order valence-electron chi connectivity index (χ4n) is 0. The fourth-order valence-corrected chi connectivity index (χ4v) is 0. The predicted octanol–water partition coefficient (Wildman–Crippen LogP) is -0.100. The molecular formula is CH3NSZn. The van der Waals surface area contributed by atoms with Crippen LogP contribution in [0.2, 0.25) is 0 Å². The van der Waals surface area contributed by atoms with Crippen LogP contribution in [0.1, 0.15) is 0 Å². The van der Waals surface area contributed by atoms with Crippen molar-refractivity contribution < 1.29 is 19.5 Å². The van der Waals surface area contributed by atoms with Gasteiger partial charge < -0.3 is 5.73 Å². The summed E-state index contributed by atoms with van der Waals surface area (Å²) in [6, 6.07) is 0. The van der Waals surface area contributed by atoms with Crippen molar-refractivity contribution in [3.63, 3.8) is 0 Å². The Kier molecular flexibility index (Phi) is 21.4. The van der Waals surface area contributed by atoms with Gasteiger partial charge in [-0.15, -0.1) is 0 Å². The van der Waals surface area contributed by atoms with Crippen molar-refractivity contribution in [1.82, 2.24) is 0 Å². The third-order valence-electron chi connectivity index (χ3n) is 0. The Morgan fingerprint density at radius 2 is 1.75 bits per heavy atom. The van der Waals surface area contributed by atoms with Crippen molar-refractivity contribution >= 4 is 17.7 Å². The van der Waals surface area contributed by atoms with E-state index in [0.29, 0.717) is 0 Å². The number of hydrogen-bond donors (Lipinski definition) is 1. The molecule has 0 amide bonds. The van der Waals surface area contributed by atoms with Crippen molar-refractivity contribution in [3.8, 4) is 0 Å². The van der Waals surface area contributed by atoms with E-state index in [1.165, 1.54) is 0 Å². The molecule has 0 aromatic heterocycles. The summed E-state index contributed by atoms with van der Waals surface area (Å²) in [7, 11) is 0. The van der Waals surface area contributed by atoms with E-state index in [1.54, 1.807) is 0 Å². The summed E-state index contributed by atoms with van der Waals surface area (Å²) in [5.41, 5.74) is 5.62. The first kappa shape index (κ1) is 8.82. The minimum atomic E-state index is 0. The predicted molar refractivity (Wildman–Crippen MR) is 17.8 cm³/mol. The molecule has 0 aliphatic heterocycles. The van der Waals surface area contributed by atoms with Crippen LogP contribution in [-0.4, -0.2) is 5.49 Å². The SMILES string of the molecule is NC=S.[Zn]. The quantitative estimate of drug-likeness (QED) is 0.362. The van der Waals surface area contributed by atoms with Crippen molar-refractivity contribution in [3.05, 3.63) is 0 Å². The Morgan fingerprint density at radius 3 is 1.75 bits per heavy atom. The largest absolute Gasteiger partial charge is 0.396 e.